The number of carboxylic acid groups (broad SMARTS) is 1. The SMILES string of the molecule is CC(C)CC(NC(=O)c1[nH]c2ccccc2c1Cl)C(=O)O. The molecule has 0 saturated carbocycles. The predicted molar refractivity (Wildman–Crippen MR) is 81.7 cm³/mol. The van der Waals surface area contributed by atoms with Crippen LogP contribution in [0.15, 0.2) is 24.3 Å². The van der Waals surface area contributed by atoms with Crippen LogP contribution in [0.2, 0.25) is 5.02 Å². The van der Waals surface area contributed by atoms with Crippen molar-refractivity contribution >= 4 is 34.4 Å². The van der Waals surface area contributed by atoms with Crippen LogP contribution in [0.1, 0.15) is 30.8 Å². The van der Waals surface area contributed by atoms with E-state index >= 15 is 0 Å². The van der Waals surface area contributed by atoms with Crippen LogP contribution in [0.5, 0.6) is 0 Å². The Labute approximate surface area is 127 Å². The second-order valence-electron chi connectivity index (χ2n) is 5.35. The van der Waals surface area contributed by atoms with Crippen LogP contribution in [0.25, 0.3) is 10.9 Å². The maximum absolute atomic E-state index is 12.2. The summed E-state index contributed by atoms with van der Waals surface area (Å²) >= 11 is 6.18. The molecule has 1 aromatic heterocycles. The van der Waals surface area contributed by atoms with Gasteiger partial charge in [-0.05, 0) is 18.4 Å². The van der Waals surface area contributed by atoms with Gasteiger partial charge in [0.05, 0.1) is 5.02 Å². The number of hydrogen-bond acceptors (Lipinski definition) is 2. The first-order valence-electron chi connectivity index (χ1n) is 6.70. The summed E-state index contributed by atoms with van der Waals surface area (Å²) in [5.74, 6) is -1.40. The van der Waals surface area contributed by atoms with Crippen molar-refractivity contribution in [2.75, 3.05) is 0 Å². The number of benzene rings is 1. The van der Waals surface area contributed by atoms with Crippen molar-refractivity contribution in [3.8, 4) is 0 Å². The van der Waals surface area contributed by atoms with E-state index in [0.29, 0.717) is 11.4 Å². The van der Waals surface area contributed by atoms with Gasteiger partial charge in [-0.1, -0.05) is 43.6 Å². The highest BCUT2D eigenvalue weighted by molar-refractivity contribution is 6.38. The van der Waals surface area contributed by atoms with Gasteiger partial charge < -0.3 is 15.4 Å². The van der Waals surface area contributed by atoms with E-state index in [9.17, 15) is 9.59 Å². The minimum atomic E-state index is -1.05. The summed E-state index contributed by atoms with van der Waals surface area (Å²) in [6, 6.07) is 6.33. The van der Waals surface area contributed by atoms with Gasteiger partial charge in [-0.25, -0.2) is 4.79 Å². The average molecular weight is 309 g/mol. The number of aromatic amines is 1. The monoisotopic (exact) mass is 308 g/mol. The number of para-hydroxylation sites is 1. The number of nitrogens with one attached hydrogen (secondary N) is 2. The molecule has 2 aromatic rings. The Morgan fingerprint density at radius 2 is 2.00 bits per heavy atom. The Morgan fingerprint density at radius 3 is 2.57 bits per heavy atom. The van der Waals surface area contributed by atoms with Crippen molar-refractivity contribution in [3.05, 3.63) is 35.0 Å². The van der Waals surface area contributed by atoms with E-state index in [1.165, 1.54) is 0 Å². The van der Waals surface area contributed by atoms with Crippen molar-refractivity contribution in [2.24, 2.45) is 5.92 Å². The fraction of sp³-hybridized carbons (Fsp3) is 0.333. The molecule has 2 rings (SSSR count). The molecule has 0 aliphatic carbocycles. The number of amides is 1. The summed E-state index contributed by atoms with van der Waals surface area (Å²) < 4.78 is 0. The zero-order chi connectivity index (χ0) is 15.6. The van der Waals surface area contributed by atoms with Gasteiger partial charge in [-0.3, -0.25) is 4.79 Å². The molecule has 1 amide bonds. The number of aromatic nitrogens is 1. The van der Waals surface area contributed by atoms with E-state index in [4.69, 9.17) is 16.7 Å². The minimum absolute atomic E-state index is 0.157. The summed E-state index contributed by atoms with van der Waals surface area (Å²) in [6.07, 6.45) is 0.360. The Morgan fingerprint density at radius 1 is 1.33 bits per heavy atom. The molecule has 5 nitrogen and oxygen atoms in total. The lowest BCUT2D eigenvalue weighted by molar-refractivity contribution is -0.139. The van der Waals surface area contributed by atoms with Crippen molar-refractivity contribution in [3.63, 3.8) is 0 Å². The fourth-order valence-electron chi connectivity index (χ4n) is 2.19. The molecule has 1 aromatic carbocycles. The van der Waals surface area contributed by atoms with Gasteiger partial charge >= 0.3 is 5.97 Å². The van der Waals surface area contributed by atoms with Crippen molar-refractivity contribution in [1.29, 1.82) is 0 Å². The van der Waals surface area contributed by atoms with Crippen molar-refractivity contribution < 1.29 is 14.7 Å². The predicted octanol–water partition coefficient (Wildman–Crippen LogP) is 3.05. The normalized spacial score (nSPS) is 12.6. The zero-order valence-electron chi connectivity index (χ0n) is 11.8. The number of carboxylic acids is 1. The van der Waals surface area contributed by atoms with Gasteiger partial charge in [0.2, 0.25) is 0 Å². The van der Waals surface area contributed by atoms with Crippen LogP contribution >= 0.6 is 11.6 Å². The number of halogens is 1. The number of fused-ring (bicyclic) bond motifs is 1. The quantitative estimate of drug-likeness (QED) is 0.794. The van der Waals surface area contributed by atoms with Crippen LogP contribution < -0.4 is 5.32 Å². The van der Waals surface area contributed by atoms with Gasteiger partial charge in [-0.15, -0.1) is 0 Å². The molecule has 1 heterocycles. The first-order valence-corrected chi connectivity index (χ1v) is 7.07. The molecule has 0 fully saturated rings. The molecular formula is C15H17ClN2O3. The highest BCUT2D eigenvalue weighted by Crippen LogP contribution is 2.27. The maximum Gasteiger partial charge on any atom is 0.326 e. The molecule has 21 heavy (non-hydrogen) atoms. The zero-order valence-corrected chi connectivity index (χ0v) is 12.6. The number of carbonyl (C=O) groups excluding carboxylic acids is 1. The first-order chi connectivity index (χ1) is 9.90. The molecule has 1 unspecified atom stereocenters. The first kappa shape index (κ1) is 15.4. The topological polar surface area (TPSA) is 82.2 Å². The number of aliphatic carboxylic acids is 1. The van der Waals surface area contributed by atoms with Gasteiger partial charge in [0.1, 0.15) is 11.7 Å². The highest BCUT2D eigenvalue weighted by Gasteiger charge is 2.24. The van der Waals surface area contributed by atoms with Crippen LogP contribution in [0, 0.1) is 5.92 Å². The molecule has 0 aliphatic heterocycles. The highest BCUT2D eigenvalue weighted by atomic mass is 35.5. The molecule has 112 valence electrons. The summed E-state index contributed by atoms with van der Waals surface area (Å²) in [4.78, 5) is 26.4. The second-order valence-corrected chi connectivity index (χ2v) is 5.73. The average Bonchev–Trinajstić information content (AvgIpc) is 2.75. The number of rotatable bonds is 5. The van der Waals surface area contributed by atoms with Crippen molar-refractivity contribution in [2.45, 2.75) is 26.3 Å². The second kappa shape index (κ2) is 6.18. The minimum Gasteiger partial charge on any atom is -0.480 e. The van der Waals surface area contributed by atoms with Gasteiger partial charge in [0.25, 0.3) is 5.91 Å². The third-order valence-electron chi connectivity index (χ3n) is 3.18. The van der Waals surface area contributed by atoms with Gasteiger partial charge in [-0.2, -0.15) is 0 Å². The maximum atomic E-state index is 12.2. The lowest BCUT2D eigenvalue weighted by atomic mass is 10.0. The van der Waals surface area contributed by atoms with Gasteiger partial charge in [0.15, 0.2) is 0 Å². The standard InChI is InChI=1S/C15H17ClN2O3/c1-8(2)7-11(15(20)21)18-14(19)13-12(16)9-5-3-4-6-10(9)17-13/h3-6,8,11,17H,7H2,1-2H3,(H,18,19)(H,20,21). The molecule has 0 aliphatic rings. The summed E-state index contributed by atoms with van der Waals surface area (Å²) in [6.45, 7) is 3.80. The molecule has 6 heteroatoms. The third kappa shape index (κ3) is 3.36. The number of H-pyrrole nitrogens is 1. The van der Waals surface area contributed by atoms with Crippen LogP contribution in [0.4, 0.5) is 0 Å². The van der Waals surface area contributed by atoms with Crippen LogP contribution in [-0.2, 0) is 4.79 Å². The van der Waals surface area contributed by atoms with E-state index in [2.05, 4.69) is 10.3 Å². The molecule has 0 saturated heterocycles. The Balaban J connectivity index is 2.25. The smallest absolute Gasteiger partial charge is 0.326 e. The lowest BCUT2D eigenvalue weighted by Crippen LogP contribution is -2.41. The summed E-state index contributed by atoms with van der Waals surface area (Å²) in [5, 5.41) is 12.7. The van der Waals surface area contributed by atoms with Crippen LogP contribution in [0.3, 0.4) is 0 Å². The Kier molecular flexibility index (Phi) is 4.53. The summed E-state index contributed by atoms with van der Waals surface area (Å²) in [7, 11) is 0. The largest absolute Gasteiger partial charge is 0.480 e. The third-order valence-corrected chi connectivity index (χ3v) is 3.57. The van der Waals surface area contributed by atoms with E-state index in [0.717, 1.165) is 10.9 Å². The lowest BCUT2D eigenvalue weighted by Gasteiger charge is -2.16. The van der Waals surface area contributed by atoms with E-state index < -0.39 is 17.9 Å². The molecular weight excluding hydrogens is 292 g/mol. The van der Waals surface area contributed by atoms with Crippen LogP contribution in [-0.4, -0.2) is 28.0 Å². The molecule has 1 atom stereocenters. The molecule has 0 radical (unpaired) electrons. The Bertz CT molecular complexity index is 679. The number of carbonyl (C=O) groups is 2. The molecule has 3 N–H and O–H groups in total. The number of hydrogen-bond donors (Lipinski definition) is 3. The van der Waals surface area contributed by atoms with E-state index in [1.807, 2.05) is 26.0 Å². The van der Waals surface area contributed by atoms with E-state index in [1.54, 1.807) is 12.1 Å². The summed E-state index contributed by atoms with van der Waals surface area (Å²) in [5.41, 5.74) is 0.927. The fourth-order valence-corrected chi connectivity index (χ4v) is 2.49. The van der Waals surface area contributed by atoms with Gasteiger partial charge in [0, 0.05) is 10.9 Å². The molecule has 0 bridgehead atoms. The van der Waals surface area contributed by atoms with Crippen molar-refractivity contribution in [1.82, 2.24) is 10.3 Å². The molecule has 0 spiro atoms. The Hall–Kier alpha value is -2.01. The van der Waals surface area contributed by atoms with E-state index in [-0.39, 0.29) is 11.6 Å².